The average molecular weight is 943 g/mol. The lowest BCUT2D eigenvalue weighted by Gasteiger charge is -2.40. The first-order chi connectivity index (χ1) is 27.9. The molecule has 2 aliphatic heterocycles. The van der Waals surface area contributed by atoms with Crippen molar-refractivity contribution in [3.63, 3.8) is 0 Å². The fraction of sp³-hybridized carbons (Fsp3) is 0.389. The monoisotopic (exact) mass is 940 g/mol. The van der Waals surface area contributed by atoms with Gasteiger partial charge in [0.2, 0.25) is 11.6 Å². The molecule has 0 radical (unpaired) electrons. The third-order valence-electron chi connectivity index (χ3n) is 9.53. The maximum absolute atomic E-state index is 7.15. The number of pyridine rings is 2. The smallest absolute Gasteiger partial charge is 0.226 e. The highest BCUT2D eigenvalue weighted by molar-refractivity contribution is 8.76. The average Bonchev–Trinajstić information content (AvgIpc) is 4.02. The summed E-state index contributed by atoms with van der Waals surface area (Å²) in [5.74, 6) is -1.08. The molecule has 4 atom stereocenters. The molecule has 22 heteroatoms. The summed E-state index contributed by atoms with van der Waals surface area (Å²) >= 11 is 29.4. The Morgan fingerprint density at radius 2 is 1.28 bits per heavy atom. The molecule has 8 heterocycles. The molecule has 2 aliphatic rings. The summed E-state index contributed by atoms with van der Waals surface area (Å²) < 4.78 is 29.7. The van der Waals surface area contributed by atoms with E-state index in [1.807, 2.05) is 60.6 Å². The fourth-order valence-electron chi connectivity index (χ4n) is 6.52. The number of nitrogens with zero attached hydrogens (tertiary/aromatic N) is 10. The molecule has 6 aromatic rings. The molecule has 0 spiro atoms. The minimum Gasteiger partial charge on any atom is -0.344 e. The van der Waals surface area contributed by atoms with Gasteiger partial charge >= 0.3 is 0 Å². The zero-order chi connectivity index (χ0) is 40.6. The lowest BCUT2D eigenvalue weighted by atomic mass is 10.1. The van der Waals surface area contributed by atoms with Gasteiger partial charge in [0.15, 0.2) is 10.3 Å². The Kier molecular flexibility index (Phi) is 12.8. The van der Waals surface area contributed by atoms with Crippen LogP contribution in [0, 0.1) is 0 Å². The maximum Gasteiger partial charge on any atom is 0.226 e. The van der Waals surface area contributed by atoms with E-state index in [1.54, 1.807) is 33.9 Å². The number of hydrogen-bond acceptors (Lipinski definition) is 16. The van der Waals surface area contributed by atoms with Gasteiger partial charge in [-0.25, -0.2) is 29.3 Å². The number of halogens is 4. The van der Waals surface area contributed by atoms with E-state index in [0.29, 0.717) is 65.7 Å². The van der Waals surface area contributed by atoms with Crippen molar-refractivity contribution < 1.29 is 18.9 Å². The lowest BCUT2D eigenvalue weighted by molar-refractivity contribution is -0.307. The summed E-state index contributed by atoms with van der Waals surface area (Å²) in [5.41, 5.74) is 1.45. The molecule has 2 saturated heterocycles. The largest absolute Gasteiger partial charge is 0.344 e. The Morgan fingerprint density at radius 1 is 0.724 bits per heavy atom. The lowest BCUT2D eigenvalue weighted by Crippen LogP contribution is -2.45. The van der Waals surface area contributed by atoms with E-state index in [0.717, 1.165) is 23.5 Å². The molecule has 0 aromatic carbocycles. The van der Waals surface area contributed by atoms with Gasteiger partial charge in [-0.3, -0.25) is 0 Å². The summed E-state index contributed by atoms with van der Waals surface area (Å²) in [6.45, 7) is 5.37. The molecule has 0 saturated carbocycles. The summed E-state index contributed by atoms with van der Waals surface area (Å²) in [6.07, 6.45) is 7.47. The van der Waals surface area contributed by atoms with E-state index >= 15 is 0 Å². The fourth-order valence-corrected chi connectivity index (χ4v) is 11.8. The van der Waals surface area contributed by atoms with Crippen LogP contribution in [0.4, 0.5) is 22.3 Å². The molecule has 0 aliphatic carbocycles. The highest BCUT2D eigenvalue weighted by Gasteiger charge is 2.46. The summed E-state index contributed by atoms with van der Waals surface area (Å²) in [4.78, 5) is 22.6. The van der Waals surface area contributed by atoms with Gasteiger partial charge in [-0.2, -0.15) is 10.2 Å². The summed E-state index contributed by atoms with van der Waals surface area (Å²) in [6, 6.07) is 7.25. The summed E-state index contributed by atoms with van der Waals surface area (Å²) in [7, 11) is 6.55. The molecule has 0 bridgehead atoms. The number of hydrogen-bond donors (Lipinski definition) is 0. The van der Waals surface area contributed by atoms with Crippen molar-refractivity contribution in [1.29, 1.82) is 0 Å². The second-order valence-electron chi connectivity index (χ2n) is 13.5. The number of ether oxygens (including phenoxy) is 4. The van der Waals surface area contributed by atoms with Crippen LogP contribution in [-0.4, -0.2) is 79.0 Å². The first-order valence-corrected chi connectivity index (χ1v) is 23.4. The minimum atomic E-state index is -1.24. The Hall–Kier alpha value is -2.72. The van der Waals surface area contributed by atoms with Crippen LogP contribution < -0.4 is 9.80 Å². The van der Waals surface area contributed by atoms with Crippen molar-refractivity contribution in [3.05, 3.63) is 90.6 Å². The summed E-state index contributed by atoms with van der Waals surface area (Å²) in [5, 5.41) is 17.2. The standard InChI is InChI=1S/C36H36Cl4N10O4S4/c1-21-9-11-51-35(53-21,25-15-56-32(29(25)39)48(4)28-8-6-24(38)14-42-28)17-49-33(43-19-45-49)57-58-34-44-20-46-50(34)18-36(52-12-10-22(2)54-36)31-30(40)26(16-55-31)47(3)27-7-5-23(37)13-41-27/h5-8,13-16,19-22H,9-12,17-18H2,1-4H3. The van der Waals surface area contributed by atoms with Gasteiger partial charge in [0.25, 0.3) is 0 Å². The van der Waals surface area contributed by atoms with Crippen molar-refractivity contribution in [1.82, 2.24) is 39.5 Å². The highest BCUT2D eigenvalue weighted by atomic mass is 35.5. The molecular formula is C36H36Cl4N10O4S4. The zero-order valence-corrected chi connectivity index (χ0v) is 37.7. The highest BCUT2D eigenvalue weighted by Crippen LogP contribution is 2.49. The second-order valence-corrected chi connectivity index (χ2v) is 19.0. The van der Waals surface area contributed by atoms with Crippen molar-refractivity contribution in [2.24, 2.45) is 0 Å². The minimum absolute atomic E-state index is 0.0971. The molecule has 0 N–H and O–H groups in total. The van der Waals surface area contributed by atoms with Crippen molar-refractivity contribution in [2.75, 3.05) is 37.1 Å². The van der Waals surface area contributed by atoms with Crippen LogP contribution in [0.25, 0.3) is 0 Å². The van der Waals surface area contributed by atoms with Crippen LogP contribution in [0.3, 0.4) is 0 Å². The Morgan fingerprint density at radius 3 is 1.84 bits per heavy atom. The predicted molar refractivity (Wildman–Crippen MR) is 231 cm³/mol. The Bertz CT molecular complexity index is 2190. The van der Waals surface area contributed by atoms with Crippen LogP contribution in [0.5, 0.6) is 0 Å². The van der Waals surface area contributed by atoms with Crippen LogP contribution in [0.1, 0.15) is 37.1 Å². The normalized spacial score (nSPS) is 22.3. The molecule has 4 unspecified atom stereocenters. The van der Waals surface area contributed by atoms with Crippen molar-refractivity contribution >= 4 is 113 Å². The van der Waals surface area contributed by atoms with E-state index < -0.39 is 11.6 Å². The molecule has 58 heavy (non-hydrogen) atoms. The number of thiophene rings is 2. The second kappa shape index (κ2) is 17.7. The van der Waals surface area contributed by atoms with Gasteiger partial charge in [-0.05, 0) is 72.5 Å². The topological polar surface area (TPSA) is 131 Å². The molecule has 306 valence electrons. The zero-order valence-electron chi connectivity index (χ0n) is 31.4. The quantitative estimate of drug-likeness (QED) is 0.102. The third-order valence-corrected chi connectivity index (χ3v) is 15.3. The molecule has 14 nitrogen and oxygen atoms in total. The first-order valence-electron chi connectivity index (χ1n) is 17.9. The van der Waals surface area contributed by atoms with Crippen LogP contribution in [0.15, 0.2) is 70.4 Å². The van der Waals surface area contributed by atoms with Crippen LogP contribution >= 0.6 is 90.7 Å². The first kappa shape index (κ1) is 42.0. The third kappa shape index (κ3) is 8.58. The number of rotatable bonds is 13. The van der Waals surface area contributed by atoms with Gasteiger partial charge in [-0.1, -0.05) is 46.4 Å². The van der Waals surface area contributed by atoms with Crippen LogP contribution in [0.2, 0.25) is 20.1 Å². The molecule has 0 amide bonds. The van der Waals surface area contributed by atoms with Crippen molar-refractivity contribution in [3.8, 4) is 0 Å². The van der Waals surface area contributed by atoms with E-state index in [1.165, 1.54) is 56.9 Å². The molecule has 2 fully saturated rings. The molecular weight excluding hydrogens is 907 g/mol. The van der Waals surface area contributed by atoms with Gasteiger partial charge in [0, 0.05) is 42.8 Å². The van der Waals surface area contributed by atoms with E-state index in [2.05, 4.69) is 30.1 Å². The molecule has 8 rings (SSSR count). The van der Waals surface area contributed by atoms with E-state index in [-0.39, 0.29) is 25.3 Å². The van der Waals surface area contributed by atoms with Gasteiger partial charge in [-0.15, -0.1) is 22.7 Å². The Labute approximate surface area is 370 Å². The molecule has 6 aromatic heterocycles. The number of aromatic nitrogens is 8. The van der Waals surface area contributed by atoms with Crippen molar-refractivity contribution in [2.45, 2.75) is 73.9 Å². The SMILES string of the molecule is CC1CCOC(Cn2ncnc2SSc2ncnn2CC2(c3scc(N(C)c4ccc(Cl)cn4)c3Cl)OCCC(C)O2)(c2csc(N(C)c3ccc(Cl)cn3)c2Cl)O1. The Balaban J connectivity index is 1.03. The maximum atomic E-state index is 7.15. The predicted octanol–water partition coefficient (Wildman–Crippen LogP) is 10.1. The van der Waals surface area contributed by atoms with Gasteiger partial charge < -0.3 is 28.7 Å². The van der Waals surface area contributed by atoms with E-state index in [9.17, 15) is 0 Å². The number of anilines is 4. The van der Waals surface area contributed by atoms with Gasteiger partial charge in [0.1, 0.15) is 42.4 Å². The van der Waals surface area contributed by atoms with Gasteiger partial charge in [0.05, 0.1) is 56.1 Å². The van der Waals surface area contributed by atoms with E-state index in [4.69, 9.17) is 65.4 Å². The van der Waals surface area contributed by atoms with Crippen LogP contribution in [-0.2, 0) is 43.6 Å².